The predicted molar refractivity (Wildman–Crippen MR) is 150 cm³/mol. The van der Waals surface area contributed by atoms with Crippen LogP contribution in [0.4, 0.5) is 17.1 Å². The van der Waals surface area contributed by atoms with E-state index in [-0.39, 0.29) is 4.90 Å². The van der Waals surface area contributed by atoms with E-state index in [0.29, 0.717) is 60.6 Å². The lowest BCUT2D eigenvalue weighted by atomic mass is 10.2. The van der Waals surface area contributed by atoms with Gasteiger partial charge in [0.05, 0.1) is 40.2 Å². The summed E-state index contributed by atoms with van der Waals surface area (Å²) in [5.74, 6) is 1.31. The Balaban J connectivity index is 1.58. The highest BCUT2D eigenvalue weighted by Crippen LogP contribution is 2.31. The van der Waals surface area contributed by atoms with Crippen LogP contribution in [-0.4, -0.2) is 62.0 Å². The van der Waals surface area contributed by atoms with Crippen molar-refractivity contribution in [2.24, 2.45) is 0 Å². The van der Waals surface area contributed by atoms with Crippen LogP contribution in [0.3, 0.4) is 0 Å². The van der Waals surface area contributed by atoms with Crippen molar-refractivity contribution in [3.63, 3.8) is 0 Å². The van der Waals surface area contributed by atoms with Gasteiger partial charge in [-0.15, -0.1) is 0 Å². The number of morpholine rings is 1. The lowest BCUT2D eigenvalue weighted by Gasteiger charge is -2.30. The van der Waals surface area contributed by atoms with Crippen molar-refractivity contribution in [2.45, 2.75) is 4.90 Å². The van der Waals surface area contributed by atoms with E-state index in [1.807, 2.05) is 4.90 Å². The maximum atomic E-state index is 13.5. The number of benzene rings is 3. The monoisotopic (exact) mass is 553 g/mol. The molecule has 0 spiro atoms. The number of nitrogens with zero attached hydrogens (tertiary/aromatic N) is 1. The van der Waals surface area contributed by atoms with Crippen LogP contribution < -0.4 is 29.1 Å². The Morgan fingerprint density at radius 3 is 2.23 bits per heavy atom. The molecule has 3 aromatic carbocycles. The summed E-state index contributed by atoms with van der Waals surface area (Å²) in [4.78, 5) is 14.7. The van der Waals surface area contributed by atoms with Gasteiger partial charge in [0.1, 0.15) is 10.6 Å². The minimum atomic E-state index is -4.01. The molecule has 39 heavy (non-hydrogen) atoms. The zero-order valence-corrected chi connectivity index (χ0v) is 22.8. The van der Waals surface area contributed by atoms with E-state index in [9.17, 15) is 13.2 Å². The highest BCUT2D eigenvalue weighted by atomic mass is 32.2. The third-order valence-electron chi connectivity index (χ3n) is 6.05. The van der Waals surface area contributed by atoms with Crippen molar-refractivity contribution in [3.05, 3.63) is 72.3 Å². The molecule has 0 saturated carbocycles. The number of hydrogen-bond acceptors (Lipinski definition) is 8. The van der Waals surface area contributed by atoms with Gasteiger partial charge in [0.15, 0.2) is 11.5 Å². The zero-order valence-electron chi connectivity index (χ0n) is 22.0. The molecule has 0 atom stereocenters. The van der Waals surface area contributed by atoms with E-state index < -0.39 is 15.9 Å². The Morgan fingerprint density at radius 1 is 0.872 bits per heavy atom. The maximum Gasteiger partial charge on any atom is 0.264 e. The quantitative estimate of drug-likeness (QED) is 0.362. The Morgan fingerprint density at radius 2 is 1.56 bits per heavy atom. The van der Waals surface area contributed by atoms with Crippen LogP contribution in [0, 0.1) is 0 Å². The summed E-state index contributed by atoms with van der Waals surface area (Å²) >= 11 is 0. The smallest absolute Gasteiger partial charge is 0.264 e. The van der Waals surface area contributed by atoms with Gasteiger partial charge in [-0.05, 0) is 66.2 Å². The van der Waals surface area contributed by atoms with Gasteiger partial charge < -0.3 is 29.2 Å². The average Bonchev–Trinajstić information content (AvgIpc) is 2.96. The molecule has 0 unspecified atom stereocenters. The van der Waals surface area contributed by atoms with Gasteiger partial charge in [0, 0.05) is 30.5 Å². The van der Waals surface area contributed by atoms with Crippen LogP contribution in [0.25, 0.3) is 6.08 Å². The molecule has 206 valence electrons. The predicted octanol–water partition coefficient (Wildman–Crippen LogP) is 4.00. The molecule has 0 bridgehead atoms. The van der Waals surface area contributed by atoms with Gasteiger partial charge in [-0.3, -0.25) is 9.52 Å². The van der Waals surface area contributed by atoms with Crippen LogP contribution in [0.15, 0.2) is 71.6 Å². The minimum absolute atomic E-state index is 0.0434. The number of anilines is 3. The first-order valence-electron chi connectivity index (χ1n) is 12.2. The summed E-state index contributed by atoms with van der Waals surface area (Å²) in [5, 5.41) is 2.75. The fourth-order valence-corrected chi connectivity index (χ4v) is 5.37. The van der Waals surface area contributed by atoms with Crippen molar-refractivity contribution in [1.29, 1.82) is 0 Å². The minimum Gasteiger partial charge on any atom is -0.497 e. The topological polar surface area (TPSA) is 115 Å². The molecule has 0 radical (unpaired) electrons. The fraction of sp³-hybridized carbons (Fsp3) is 0.250. The lowest BCUT2D eigenvalue weighted by Crippen LogP contribution is -2.37. The van der Waals surface area contributed by atoms with E-state index in [1.54, 1.807) is 67.8 Å². The van der Waals surface area contributed by atoms with E-state index >= 15 is 0 Å². The summed E-state index contributed by atoms with van der Waals surface area (Å²) in [6.07, 6.45) is 2.99. The Labute approximate surface area is 228 Å². The van der Waals surface area contributed by atoms with Crippen molar-refractivity contribution < 1.29 is 32.2 Å². The van der Waals surface area contributed by atoms with Crippen molar-refractivity contribution in [3.8, 4) is 17.2 Å². The van der Waals surface area contributed by atoms with Gasteiger partial charge in [-0.25, -0.2) is 8.42 Å². The molecule has 4 rings (SSSR count). The van der Waals surface area contributed by atoms with Gasteiger partial charge in [-0.1, -0.05) is 6.07 Å². The molecule has 1 fully saturated rings. The first kappa shape index (κ1) is 27.8. The molecule has 0 aromatic heterocycles. The molecule has 2 N–H and O–H groups in total. The second kappa shape index (κ2) is 12.5. The van der Waals surface area contributed by atoms with E-state index in [1.165, 1.54) is 26.4 Å². The Hall–Kier alpha value is -4.22. The standard InChI is InChI=1S/C28H31N3O7S/c1-35-23-9-6-21(7-10-23)30-39(33,34)27-19-22(8-11-24(27)31-14-16-38-17-15-31)29-28(32)13-5-20-4-12-25(36-2)26(18-20)37-3/h4-13,18-19,30H,14-17H2,1-3H3,(H,29,32)/b13-5+. The van der Waals surface area contributed by atoms with Crippen LogP contribution in [-0.2, 0) is 19.6 Å². The number of hydrogen-bond donors (Lipinski definition) is 2. The summed E-state index contributed by atoms with van der Waals surface area (Å²) in [5.41, 5.74) is 1.98. The highest BCUT2D eigenvalue weighted by molar-refractivity contribution is 7.92. The van der Waals surface area contributed by atoms with Crippen LogP contribution in [0.1, 0.15) is 5.56 Å². The SMILES string of the molecule is COc1ccc(NS(=O)(=O)c2cc(NC(=O)/C=C/c3ccc(OC)c(OC)c3)ccc2N2CCOCC2)cc1. The molecule has 1 aliphatic rings. The van der Waals surface area contributed by atoms with Crippen LogP contribution in [0.5, 0.6) is 17.2 Å². The number of carbonyl (C=O) groups is 1. The molecular weight excluding hydrogens is 522 g/mol. The van der Waals surface area contributed by atoms with Gasteiger partial charge in [0.25, 0.3) is 10.0 Å². The number of sulfonamides is 1. The molecule has 1 amide bonds. The Bertz CT molecular complexity index is 1430. The number of nitrogens with one attached hydrogen (secondary N) is 2. The summed E-state index contributed by atoms with van der Waals surface area (Å²) in [6.45, 7) is 2.07. The molecule has 3 aromatic rings. The third-order valence-corrected chi connectivity index (χ3v) is 7.46. The summed E-state index contributed by atoms with van der Waals surface area (Å²) in [6, 6.07) is 16.7. The van der Waals surface area contributed by atoms with Crippen molar-refractivity contribution in [1.82, 2.24) is 0 Å². The number of amides is 1. The van der Waals surface area contributed by atoms with Gasteiger partial charge in [-0.2, -0.15) is 0 Å². The largest absolute Gasteiger partial charge is 0.497 e. The lowest BCUT2D eigenvalue weighted by molar-refractivity contribution is -0.111. The fourth-order valence-electron chi connectivity index (χ4n) is 4.05. The van der Waals surface area contributed by atoms with Gasteiger partial charge in [0.2, 0.25) is 5.91 Å². The first-order valence-corrected chi connectivity index (χ1v) is 13.7. The van der Waals surface area contributed by atoms with Crippen LogP contribution >= 0.6 is 0 Å². The Kier molecular flexibility index (Phi) is 8.95. The second-order valence-electron chi connectivity index (χ2n) is 8.55. The van der Waals surface area contributed by atoms with Gasteiger partial charge >= 0.3 is 0 Å². The molecule has 11 heteroatoms. The number of methoxy groups -OCH3 is 3. The van der Waals surface area contributed by atoms with Crippen LogP contribution in [0.2, 0.25) is 0 Å². The van der Waals surface area contributed by atoms with E-state index in [4.69, 9.17) is 18.9 Å². The van der Waals surface area contributed by atoms with Crippen molar-refractivity contribution >= 4 is 39.1 Å². The molecule has 0 aliphatic carbocycles. The van der Waals surface area contributed by atoms with Crippen molar-refractivity contribution in [2.75, 3.05) is 62.6 Å². The van der Waals surface area contributed by atoms with E-state index in [0.717, 1.165) is 5.56 Å². The zero-order chi connectivity index (χ0) is 27.8. The summed E-state index contributed by atoms with van der Waals surface area (Å²) < 4.78 is 50.8. The highest BCUT2D eigenvalue weighted by Gasteiger charge is 2.24. The maximum absolute atomic E-state index is 13.5. The molecule has 1 heterocycles. The van der Waals surface area contributed by atoms with E-state index in [2.05, 4.69) is 10.0 Å². The molecule has 1 saturated heterocycles. The third kappa shape index (κ3) is 7.01. The second-order valence-corrected chi connectivity index (χ2v) is 10.2. The average molecular weight is 554 g/mol. The summed E-state index contributed by atoms with van der Waals surface area (Å²) in [7, 11) is 0.612. The molecular formula is C28H31N3O7S. The molecule has 1 aliphatic heterocycles. The number of rotatable bonds is 10. The first-order chi connectivity index (χ1) is 18.8. The number of ether oxygens (including phenoxy) is 4. The normalized spacial score (nSPS) is 13.7. The molecule has 10 nitrogen and oxygen atoms in total. The number of carbonyl (C=O) groups excluding carboxylic acids is 1.